The predicted molar refractivity (Wildman–Crippen MR) is 136 cm³/mol. The van der Waals surface area contributed by atoms with E-state index in [4.69, 9.17) is 0 Å². The molecular weight excluding hydrogens is 471 g/mol. The van der Waals surface area contributed by atoms with Gasteiger partial charge in [0.25, 0.3) is 11.3 Å². The molecule has 0 saturated carbocycles. The summed E-state index contributed by atoms with van der Waals surface area (Å²) in [6.07, 6.45) is 0. The highest BCUT2D eigenvalue weighted by Gasteiger charge is 2.23. The molecular formula is C24H23FN6O3S. The first-order valence-electron chi connectivity index (χ1n) is 10.6. The molecule has 1 atom stereocenters. The molecule has 1 heterocycles. The van der Waals surface area contributed by atoms with E-state index in [2.05, 4.69) is 20.6 Å². The van der Waals surface area contributed by atoms with Crippen LogP contribution in [0.25, 0.3) is 11.0 Å². The summed E-state index contributed by atoms with van der Waals surface area (Å²) in [5, 5.41) is 5.84. The standard InChI is InChI=1S/C24H23FN6O3S/c1-30(2)15-22(32)26-18-6-5-7-19(14-18)31(35(33)34)24-23(27-17-12-10-16(25)11-13-17)28-20-8-3-4-9-21(20)29-24/h3-14H,15H2,1-2H3,(H,26,32)(H,27,28)(H,33,34). The van der Waals surface area contributed by atoms with Crippen molar-refractivity contribution in [2.45, 2.75) is 0 Å². The summed E-state index contributed by atoms with van der Waals surface area (Å²) < 4.78 is 37.3. The average Bonchev–Trinajstić information content (AvgIpc) is 2.80. The zero-order valence-corrected chi connectivity index (χ0v) is 19.8. The number of fused-ring (bicyclic) bond motifs is 1. The van der Waals surface area contributed by atoms with Crippen LogP contribution in [-0.2, 0) is 16.1 Å². The highest BCUT2D eigenvalue weighted by Crippen LogP contribution is 2.34. The van der Waals surface area contributed by atoms with Gasteiger partial charge in [0.15, 0.2) is 11.6 Å². The minimum Gasteiger partial charge on any atom is -0.337 e. The molecule has 0 bridgehead atoms. The van der Waals surface area contributed by atoms with Gasteiger partial charge in [0.05, 0.1) is 23.3 Å². The number of rotatable bonds is 8. The van der Waals surface area contributed by atoms with E-state index in [0.29, 0.717) is 28.1 Å². The fourth-order valence-corrected chi connectivity index (χ4v) is 3.94. The average molecular weight is 495 g/mol. The topological polar surface area (TPSA) is 111 Å². The van der Waals surface area contributed by atoms with Crippen LogP contribution in [-0.4, -0.2) is 50.2 Å². The van der Waals surface area contributed by atoms with Gasteiger partial charge in [-0.15, -0.1) is 0 Å². The van der Waals surface area contributed by atoms with Crippen molar-refractivity contribution in [3.63, 3.8) is 0 Å². The van der Waals surface area contributed by atoms with Crippen LogP contribution in [0.4, 0.5) is 33.1 Å². The number of hydrogen-bond acceptors (Lipinski definition) is 6. The molecule has 0 radical (unpaired) electrons. The number of para-hydroxylation sites is 2. The molecule has 35 heavy (non-hydrogen) atoms. The summed E-state index contributed by atoms with van der Waals surface area (Å²) in [4.78, 5) is 23.1. The maximum Gasteiger partial charge on any atom is 0.268 e. The Morgan fingerprint density at radius 1 is 0.971 bits per heavy atom. The van der Waals surface area contributed by atoms with Crippen LogP contribution in [0.2, 0.25) is 0 Å². The highest BCUT2D eigenvalue weighted by molar-refractivity contribution is 7.81. The number of nitrogens with zero attached hydrogens (tertiary/aromatic N) is 4. The monoisotopic (exact) mass is 494 g/mol. The first-order chi connectivity index (χ1) is 16.8. The van der Waals surface area contributed by atoms with Crippen LogP contribution < -0.4 is 14.9 Å². The van der Waals surface area contributed by atoms with Crippen molar-refractivity contribution in [3.8, 4) is 0 Å². The summed E-state index contributed by atoms with van der Waals surface area (Å²) >= 11 is -2.54. The maximum atomic E-state index is 13.4. The van der Waals surface area contributed by atoms with E-state index in [-0.39, 0.29) is 24.1 Å². The minimum absolute atomic E-state index is 0.0747. The third-order valence-electron chi connectivity index (χ3n) is 4.83. The minimum atomic E-state index is -2.54. The van der Waals surface area contributed by atoms with Gasteiger partial charge >= 0.3 is 0 Å². The Bertz CT molecular complexity index is 1380. The molecule has 0 saturated heterocycles. The molecule has 9 nitrogen and oxygen atoms in total. The Morgan fingerprint density at radius 2 is 1.66 bits per heavy atom. The molecule has 1 amide bonds. The van der Waals surface area contributed by atoms with Crippen molar-refractivity contribution in [1.29, 1.82) is 0 Å². The molecule has 0 spiro atoms. The SMILES string of the molecule is CN(C)CC(=O)Nc1cccc(N(c2nc3ccccc3nc2Nc2ccc(F)cc2)S(=O)O)c1. The summed E-state index contributed by atoms with van der Waals surface area (Å²) in [6, 6.07) is 19.3. The van der Waals surface area contributed by atoms with Crippen molar-refractivity contribution in [3.05, 3.63) is 78.6 Å². The van der Waals surface area contributed by atoms with E-state index < -0.39 is 17.1 Å². The number of likely N-dealkylation sites (N-methyl/N-ethyl adjacent to an activating group) is 1. The molecule has 3 N–H and O–H groups in total. The largest absolute Gasteiger partial charge is 0.337 e. The van der Waals surface area contributed by atoms with E-state index in [1.165, 1.54) is 24.3 Å². The van der Waals surface area contributed by atoms with Gasteiger partial charge in [-0.3, -0.25) is 9.35 Å². The van der Waals surface area contributed by atoms with E-state index in [1.807, 2.05) is 0 Å². The summed E-state index contributed by atoms with van der Waals surface area (Å²) in [7, 11) is 3.56. The number of halogens is 1. The van der Waals surface area contributed by atoms with E-state index >= 15 is 0 Å². The zero-order valence-electron chi connectivity index (χ0n) is 19.0. The first kappa shape index (κ1) is 24.2. The lowest BCUT2D eigenvalue weighted by atomic mass is 10.2. The normalized spacial score (nSPS) is 11.9. The summed E-state index contributed by atoms with van der Waals surface area (Å²) in [6.45, 7) is 0.182. The number of benzene rings is 3. The van der Waals surface area contributed by atoms with Crippen molar-refractivity contribution in [2.75, 3.05) is 35.6 Å². The van der Waals surface area contributed by atoms with Crippen LogP contribution in [0.1, 0.15) is 0 Å². The lowest BCUT2D eigenvalue weighted by molar-refractivity contribution is -0.116. The Hall–Kier alpha value is -3.93. The number of amides is 1. The second-order valence-corrected chi connectivity index (χ2v) is 8.70. The Labute approximate surface area is 204 Å². The van der Waals surface area contributed by atoms with Crippen LogP contribution in [0.5, 0.6) is 0 Å². The summed E-state index contributed by atoms with van der Waals surface area (Å²) in [5.41, 5.74) is 2.35. The van der Waals surface area contributed by atoms with Crippen molar-refractivity contribution in [1.82, 2.24) is 14.9 Å². The zero-order chi connectivity index (χ0) is 24.9. The first-order valence-corrected chi connectivity index (χ1v) is 11.6. The molecule has 0 aliphatic rings. The lowest BCUT2D eigenvalue weighted by Gasteiger charge is -2.23. The van der Waals surface area contributed by atoms with Crippen LogP contribution in [0.15, 0.2) is 72.8 Å². The van der Waals surface area contributed by atoms with Gasteiger partial charge in [-0.2, -0.15) is 0 Å². The predicted octanol–water partition coefficient (Wildman–Crippen LogP) is 4.29. The summed E-state index contributed by atoms with van der Waals surface area (Å²) in [5.74, 6) is -0.357. The van der Waals surface area contributed by atoms with E-state index in [9.17, 15) is 17.9 Å². The van der Waals surface area contributed by atoms with Gasteiger partial charge in [-0.25, -0.2) is 22.9 Å². The van der Waals surface area contributed by atoms with Crippen molar-refractivity contribution >= 4 is 56.9 Å². The molecule has 3 aromatic carbocycles. The third kappa shape index (κ3) is 5.96. The quantitative estimate of drug-likeness (QED) is 0.314. The van der Waals surface area contributed by atoms with Crippen molar-refractivity contribution in [2.24, 2.45) is 0 Å². The number of hydrogen-bond donors (Lipinski definition) is 3. The molecule has 0 aliphatic heterocycles. The van der Waals surface area contributed by atoms with Gasteiger partial charge < -0.3 is 15.5 Å². The third-order valence-corrected chi connectivity index (χ3v) is 5.53. The fraction of sp³-hybridized carbons (Fsp3) is 0.125. The molecule has 0 fully saturated rings. The lowest BCUT2D eigenvalue weighted by Crippen LogP contribution is -2.27. The number of nitrogens with one attached hydrogen (secondary N) is 2. The second kappa shape index (κ2) is 10.6. The molecule has 0 aliphatic carbocycles. The number of aromatic nitrogens is 2. The number of carbonyl (C=O) groups is 1. The van der Waals surface area contributed by atoms with E-state index in [1.54, 1.807) is 67.5 Å². The molecule has 4 aromatic rings. The Kier molecular flexibility index (Phi) is 7.30. The number of anilines is 5. The van der Waals surface area contributed by atoms with Crippen LogP contribution in [0.3, 0.4) is 0 Å². The highest BCUT2D eigenvalue weighted by atomic mass is 32.2. The molecule has 1 aromatic heterocycles. The van der Waals surface area contributed by atoms with Gasteiger partial charge in [0.2, 0.25) is 5.91 Å². The number of carbonyl (C=O) groups excluding carboxylic acids is 1. The maximum absolute atomic E-state index is 13.4. The fourth-order valence-electron chi connectivity index (χ4n) is 3.37. The van der Waals surface area contributed by atoms with Gasteiger partial charge in [0.1, 0.15) is 5.82 Å². The molecule has 180 valence electrons. The smallest absolute Gasteiger partial charge is 0.268 e. The van der Waals surface area contributed by atoms with Gasteiger partial charge in [0, 0.05) is 11.4 Å². The van der Waals surface area contributed by atoms with Gasteiger partial charge in [-0.05, 0) is 68.7 Å². The Morgan fingerprint density at radius 3 is 2.31 bits per heavy atom. The van der Waals surface area contributed by atoms with E-state index in [0.717, 1.165) is 4.31 Å². The van der Waals surface area contributed by atoms with Crippen molar-refractivity contribution < 1.29 is 17.9 Å². The molecule has 1 unspecified atom stereocenters. The molecule has 11 heteroatoms. The van der Waals surface area contributed by atoms with Crippen LogP contribution in [0, 0.1) is 5.82 Å². The van der Waals surface area contributed by atoms with Crippen LogP contribution >= 0.6 is 0 Å². The second-order valence-electron chi connectivity index (χ2n) is 7.88. The molecule has 4 rings (SSSR count). The van der Waals surface area contributed by atoms with Gasteiger partial charge in [-0.1, -0.05) is 18.2 Å². The Balaban J connectivity index is 1.78.